The van der Waals surface area contributed by atoms with Crippen LogP contribution >= 0.6 is 0 Å². The Hall–Kier alpha value is -1.63. The molecule has 4 N–H and O–H groups in total. The normalized spacial score (nSPS) is 14.6. The predicted octanol–water partition coefficient (Wildman–Crippen LogP) is 2.17. The van der Waals surface area contributed by atoms with E-state index in [9.17, 15) is 19.5 Å². The van der Waals surface area contributed by atoms with Crippen LogP contribution in [0, 0.1) is 5.92 Å². The van der Waals surface area contributed by atoms with E-state index in [1.165, 1.54) is 0 Å². The molecule has 0 radical (unpaired) electrons. The average Bonchev–Trinajstić information content (AvgIpc) is 2.51. The molecule has 3 atom stereocenters. The van der Waals surface area contributed by atoms with Crippen LogP contribution in [0.3, 0.4) is 0 Å². The van der Waals surface area contributed by atoms with Gasteiger partial charge in [-0.25, -0.2) is 4.79 Å². The Labute approximate surface area is 143 Å². The highest BCUT2D eigenvalue weighted by Crippen LogP contribution is 2.15. The maximum absolute atomic E-state index is 11.6. The van der Waals surface area contributed by atoms with E-state index < -0.39 is 30.3 Å². The summed E-state index contributed by atoms with van der Waals surface area (Å²) in [6.07, 6.45) is 5.48. The second kappa shape index (κ2) is 12.8. The molecule has 0 saturated carbocycles. The van der Waals surface area contributed by atoms with Gasteiger partial charge in [-0.3, -0.25) is 9.59 Å². The SMILES string of the molecule is CCC(C)C(O)CCCCCCCC(=O)NC(CC(=O)O)C(=O)O. The lowest BCUT2D eigenvalue weighted by atomic mass is 9.96. The highest BCUT2D eigenvalue weighted by atomic mass is 16.4. The van der Waals surface area contributed by atoms with Crippen molar-refractivity contribution in [1.29, 1.82) is 0 Å². The van der Waals surface area contributed by atoms with Gasteiger partial charge in [-0.1, -0.05) is 46.0 Å². The van der Waals surface area contributed by atoms with Crippen LogP contribution in [-0.4, -0.2) is 45.3 Å². The largest absolute Gasteiger partial charge is 0.481 e. The molecule has 0 aliphatic rings. The van der Waals surface area contributed by atoms with Crippen molar-refractivity contribution in [1.82, 2.24) is 5.32 Å². The van der Waals surface area contributed by atoms with Crippen LogP contribution in [-0.2, 0) is 14.4 Å². The van der Waals surface area contributed by atoms with Gasteiger partial charge in [-0.05, 0) is 18.8 Å². The van der Waals surface area contributed by atoms with E-state index in [1.54, 1.807) is 0 Å². The fourth-order valence-corrected chi connectivity index (χ4v) is 2.37. The van der Waals surface area contributed by atoms with Crippen molar-refractivity contribution in [3.05, 3.63) is 0 Å². The lowest BCUT2D eigenvalue weighted by Gasteiger charge is -2.16. The zero-order chi connectivity index (χ0) is 18.5. The Balaban J connectivity index is 3.75. The number of nitrogens with one attached hydrogen (secondary N) is 1. The third-order valence-corrected chi connectivity index (χ3v) is 4.22. The van der Waals surface area contributed by atoms with Crippen molar-refractivity contribution in [2.45, 2.75) is 83.8 Å². The summed E-state index contributed by atoms with van der Waals surface area (Å²) in [6, 6.07) is -1.38. The number of hydrogen-bond donors (Lipinski definition) is 4. The number of carbonyl (C=O) groups excluding carboxylic acids is 1. The first-order valence-electron chi connectivity index (χ1n) is 8.69. The summed E-state index contributed by atoms with van der Waals surface area (Å²) in [5.74, 6) is -2.72. The molecule has 0 aromatic rings. The van der Waals surface area contributed by atoms with Crippen molar-refractivity contribution in [3.63, 3.8) is 0 Å². The first kappa shape index (κ1) is 22.4. The molecule has 0 heterocycles. The second-order valence-electron chi connectivity index (χ2n) is 6.32. The Kier molecular flexibility index (Phi) is 11.9. The van der Waals surface area contributed by atoms with Gasteiger partial charge >= 0.3 is 11.9 Å². The smallest absolute Gasteiger partial charge is 0.326 e. The fourth-order valence-electron chi connectivity index (χ4n) is 2.37. The molecule has 7 heteroatoms. The summed E-state index contributed by atoms with van der Waals surface area (Å²) in [4.78, 5) is 33.0. The molecule has 0 fully saturated rings. The number of carboxylic acids is 2. The topological polar surface area (TPSA) is 124 Å². The summed E-state index contributed by atoms with van der Waals surface area (Å²) in [5.41, 5.74) is 0. The molecule has 1 amide bonds. The van der Waals surface area contributed by atoms with Crippen LogP contribution in [0.25, 0.3) is 0 Å². The van der Waals surface area contributed by atoms with Crippen LogP contribution in [0.15, 0.2) is 0 Å². The third-order valence-electron chi connectivity index (χ3n) is 4.22. The number of rotatable bonds is 14. The van der Waals surface area contributed by atoms with Crippen molar-refractivity contribution in [2.75, 3.05) is 0 Å². The van der Waals surface area contributed by atoms with Gasteiger partial charge in [0, 0.05) is 6.42 Å². The number of carboxylic acid groups (broad SMARTS) is 2. The van der Waals surface area contributed by atoms with Gasteiger partial charge < -0.3 is 20.6 Å². The maximum atomic E-state index is 11.6. The lowest BCUT2D eigenvalue weighted by molar-refractivity contribution is -0.147. The quantitative estimate of drug-likeness (QED) is 0.358. The van der Waals surface area contributed by atoms with Gasteiger partial charge in [0.15, 0.2) is 0 Å². The first-order valence-corrected chi connectivity index (χ1v) is 8.69. The molecule has 3 unspecified atom stereocenters. The number of aliphatic hydroxyl groups excluding tert-OH is 1. The highest BCUT2D eigenvalue weighted by molar-refractivity contribution is 5.86. The van der Waals surface area contributed by atoms with Gasteiger partial charge in [0.05, 0.1) is 12.5 Å². The molecule has 0 bridgehead atoms. The zero-order valence-electron chi connectivity index (χ0n) is 14.7. The fraction of sp³-hybridized carbons (Fsp3) is 0.824. The van der Waals surface area contributed by atoms with Crippen LogP contribution in [0.4, 0.5) is 0 Å². The first-order chi connectivity index (χ1) is 11.3. The summed E-state index contributed by atoms with van der Waals surface area (Å²) in [7, 11) is 0. The molecular formula is C17H31NO6. The molecule has 0 saturated heterocycles. The van der Waals surface area contributed by atoms with E-state index in [0.29, 0.717) is 12.3 Å². The molecule has 0 aliphatic heterocycles. The Morgan fingerprint density at radius 1 is 1.00 bits per heavy atom. The molecular weight excluding hydrogens is 314 g/mol. The lowest BCUT2D eigenvalue weighted by Crippen LogP contribution is -2.42. The molecule has 0 aromatic heterocycles. The highest BCUT2D eigenvalue weighted by Gasteiger charge is 2.22. The van der Waals surface area contributed by atoms with E-state index in [-0.39, 0.29) is 12.5 Å². The van der Waals surface area contributed by atoms with Gasteiger partial charge in [-0.2, -0.15) is 0 Å². The Morgan fingerprint density at radius 2 is 1.58 bits per heavy atom. The second-order valence-corrected chi connectivity index (χ2v) is 6.32. The number of hydrogen-bond acceptors (Lipinski definition) is 4. The number of aliphatic hydroxyl groups is 1. The Morgan fingerprint density at radius 3 is 2.12 bits per heavy atom. The molecule has 140 valence electrons. The standard InChI is InChI=1S/C17H31NO6/c1-3-12(2)14(19)9-7-5-4-6-8-10-15(20)18-13(17(23)24)11-16(21)22/h12-14,19H,3-11H2,1-2H3,(H,18,20)(H,21,22)(H,23,24). The molecule has 0 aromatic carbocycles. The van der Waals surface area contributed by atoms with Crippen LogP contribution in [0.2, 0.25) is 0 Å². The summed E-state index contributed by atoms with van der Waals surface area (Å²) >= 11 is 0. The molecule has 0 aliphatic carbocycles. The molecule has 24 heavy (non-hydrogen) atoms. The van der Waals surface area contributed by atoms with Crippen LogP contribution < -0.4 is 5.32 Å². The van der Waals surface area contributed by atoms with Gasteiger partial charge in [0.2, 0.25) is 5.91 Å². The van der Waals surface area contributed by atoms with Gasteiger partial charge in [0.25, 0.3) is 0 Å². The number of amides is 1. The van der Waals surface area contributed by atoms with Gasteiger partial charge in [0.1, 0.15) is 6.04 Å². The minimum absolute atomic E-state index is 0.193. The third kappa shape index (κ3) is 11.0. The minimum Gasteiger partial charge on any atom is -0.481 e. The maximum Gasteiger partial charge on any atom is 0.326 e. The van der Waals surface area contributed by atoms with E-state index in [1.807, 2.05) is 6.92 Å². The van der Waals surface area contributed by atoms with Crippen molar-refractivity contribution in [2.24, 2.45) is 5.92 Å². The van der Waals surface area contributed by atoms with E-state index in [0.717, 1.165) is 38.5 Å². The average molecular weight is 345 g/mol. The van der Waals surface area contributed by atoms with Crippen LogP contribution in [0.5, 0.6) is 0 Å². The molecule has 0 spiro atoms. The zero-order valence-corrected chi connectivity index (χ0v) is 14.7. The number of aliphatic carboxylic acids is 2. The van der Waals surface area contributed by atoms with Crippen molar-refractivity contribution >= 4 is 17.8 Å². The summed E-state index contributed by atoms with van der Waals surface area (Å²) in [6.45, 7) is 4.10. The van der Waals surface area contributed by atoms with E-state index >= 15 is 0 Å². The summed E-state index contributed by atoms with van der Waals surface area (Å²) in [5, 5.41) is 29.5. The minimum atomic E-state index is -1.38. The van der Waals surface area contributed by atoms with Crippen molar-refractivity contribution < 1.29 is 29.7 Å². The number of carbonyl (C=O) groups is 3. The predicted molar refractivity (Wildman–Crippen MR) is 89.6 cm³/mol. The molecule has 0 rings (SSSR count). The molecule has 7 nitrogen and oxygen atoms in total. The van der Waals surface area contributed by atoms with E-state index in [4.69, 9.17) is 10.2 Å². The van der Waals surface area contributed by atoms with Crippen molar-refractivity contribution in [3.8, 4) is 0 Å². The van der Waals surface area contributed by atoms with Crippen LogP contribution in [0.1, 0.15) is 71.6 Å². The van der Waals surface area contributed by atoms with E-state index in [2.05, 4.69) is 12.2 Å². The summed E-state index contributed by atoms with van der Waals surface area (Å²) < 4.78 is 0. The Bertz CT molecular complexity index is 399. The van der Waals surface area contributed by atoms with Gasteiger partial charge in [-0.15, -0.1) is 0 Å². The number of unbranched alkanes of at least 4 members (excludes halogenated alkanes) is 4. The monoisotopic (exact) mass is 345 g/mol.